The largest absolute Gasteiger partial charge is 0.440 e. The van der Waals surface area contributed by atoms with E-state index in [2.05, 4.69) is 4.74 Å². The minimum absolute atomic E-state index is 0.0741. The molecule has 0 aromatic heterocycles. The van der Waals surface area contributed by atoms with Crippen molar-refractivity contribution in [2.24, 2.45) is 5.73 Å². The van der Waals surface area contributed by atoms with Crippen LogP contribution < -0.4 is 5.73 Å². The summed E-state index contributed by atoms with van der Waals surface area (Å²) in [5.74, 6) is 1.23. The van der Waals surface area contributed by atoms with Gasteiger partial charge < -0.3 is 20.5 Å². The van der Waals surface area contributed by atoms with Gasteiger partial charge in [-0.15, -0.1) is 0 Å². The molecule has 0 saturated carbocycles. The van der Waals surface area contributed by atoms with Crippen LogP contribution in [0.2, 0.25) is 0 Å². The standard InChI is InChI=1S/C8H14N2O4S/c9-8(13)14-4-7(12)10-1-2-15-5-6(10)3-11/h6,11H,1-5H2,(H2,9,13). The molecule has 1 aliphatic heterocycles. The number of aliphatic hydroxyl groups is 1. The number of rotatable bonds is 3. The highest BCUT2D eigenvalue weighted by molar-refractivity contribution is 7.99. The van der Waals surface area contributed by atoms with Gasteiger partial charge in [-0.3, -0.25) is 4.79 Å². The predicted octanol–water partition coefficient (Wildman–Crippen LogP) is -0.982. The molecule has 1 aliphatic rings. The first-order chi connectivity index (χ1) is 7.15. The van der Waals surface area contributed by atoms with Gasteiger partial charge in [0.25, 0.3) is 5.91 Å². The van der Waals surface area contributed by atoms with Crippen LogP contribution in [0.25, 0.3) is 0 Å². The van der Waals surface area contributed by atoms with Gasteiger partial charge >= 0.3 is 6.09 Å². The normalized spacial score (nSPS) is 21.1. The number of carbonyl (C=O) groups is 2. The maximum Gasteiger partial charge on any atom is 0.405 e. The molecular weight excluding hydrogens is 220 g/mol. The number of carbonyl (C=O) groups excluding carboxylic acids is 2. The fraction of sp³-hybridized carbons (Fsp3) is 0.750. The van der Waals surface area contributed by atoms with E-state index in [1.165, 1.54) is 4.90 Å². The Morgan fingerprint density at radius 2 is 2.33 bits per heavy atom. The Morgan fingerprint density at radius 1 is 1.60 bits per heavy atom. The number of nitrogens with two attached hydrogens (primary N) is 1. The van der Waals surface area contributed by atoms with Crippen molar-refractivity contribution in [1.82, 2.24) is 4.90 Å². The third-order valence-corrected chi connectivity index (χ3v) is 3.19. The lowest BCUT2D eigenvalue weighted by Crippen LogP contribution is -2.49. The summed E-state index contributed by atoms with van der Waals surface area (Å²) in [5, 5.41) is 9.05. The van der Waals surface area contributed by atoms with Crippen LogP contribution in [0, 0.1) is 0 Å². The highest BCUT2D eigenvalue weighted by atomic mass is 32.2. The first-order valence-electron chi connectivity index (χ1n) is 4.55. The summed E-state index contributed by atoms with van der Waals surface area (Å²) in [6.07, 6.45) is -0.963. The molecule has 15 heavy (non-hydrogen) atoms. The van der Waals surface area contributed by atoms with Crippen LogP contribution in [0.3, 0.4) is 0 Å². The van der Waals surface area contributed by atoms with Gasteiger partial charge in [-0.25, -0.2) is 4.79 Å². The van der Waals surface area contributed by atoms with Crippen LogP contribution in [0.15, 0.2) is 0 Å². The molecule has 1 atom stereocenters. The van der Waals surface area contributed by atoms with Crippen molar-refractivity contribution in [3.05, 3.63) is 0 Å². The van der Waals surface area contributed by atoms with E-state index in [1.54, 1.807) is 11.8 Å². The predicted molar refractivity (Wildman–Crippen MR) is 55.4 cm³/mol. The summed E-state index contributed by atoms with van der Waals surface area (Å²) in [6, 6.07) is -0.187. The second kappa shape index (κ2) is 5.82. The maximum absolute atomic E-state index is 11.5. The SMILES string of the molecule is NC(=O)OCC(=O)N1CCSCC1CO. The van der Waals surface area contributed by atoms with Crippen molar-refractivity contribution in [3.63, 3.8) is 0 Å². The zero-order valence-corrected chi connectivity index (χ0v) is 9.03. The molecule has 0 bridgehead atoms. The van der Waals surface area contributed by atoms with Gasteiger partial charge in [0.1, 0.15) is 0 Å². The Kier molecular flexibility index (Phi) is 4.70. The van der Waals surface area contributed by atoms with Crippen molar-refractivity contribution < 1.29 is 19.4 Å². The van der Waals surface area contributed by atoms with Crippen LogP contribution in [-0.4, -0.2) is 59.3 Å². The van der Waals surface area contributed by atoms with Crippen LogP contribution >= 0.6 is 11.8 Å². The summed E-state index contributed by atoms with van der Waals surface area (Å²) in [5.41, 5.74) is 4.75. The van der Waals surface area contributed by atoms with Crippen molar-refractivity contribution >= 4 is 23.8 Å². The monoisotopic (exact) mass is 234 g/mol. The topological polar surface area (TPSA) is 92.9 Å². The summed E-state index contributed by atoms with van der Waals surface area (Å²) in [4.78, 5) is 23.4. The summed E-state index contributed by atoms with van der Waals surface area (Å²) < 4.78 is 4.41. The van der Waals surface area contributed by atoms with E-state index in [9.17, 15) is 9.59 Å². The highest BCUT2D eigenvalue weighted by Gasteiger charge is 2.26. The lowest BCUT2D eigenvalue weighted by molar-refractivity contribution is -0.136. The molecule has 0 radical (unpaired) electrons. The van der Waals surface area contributed by atoms with E-state index in [-0.39, 0.29) is 25.2 Å². The summed E-state index contributed by atoms with van der Waals surface area (Å²) >= 11 is 1.69. The van der Waals surface area contributed by atoms with Gasteiger partial charge in [-0.05, 0) is 0 Å². The van der Waals surface area contributed by atoms with Crippen molar-refractivity contribution in [2.75, 3.05) is 31.3 Å². The minimum Gasteiger partial charge on any atom is -0.440 e. The highest BCUT2D eigenvalue weighted by Crippen LogP contribution is 2.16. The fourth-order valence-corrected chi connectivity index (χ4v) is 2.40. The second-order valence-electron chi connectivity index (χ2n) is 3.11. The molecule has 0 aromatic rings. The van der Waals surface area contributed by atoms with E-state index < -0.39 is 6.09 Å². The zero-order valence-electron chi connectivity index (χ0n) is 8.22. The van der Waals surface area contributed by atoms with Gasteiger partial charge in [0, 0.05) is 18.1 Å². The molecular formula is C8H14N2O4S. The molecule has 2 amide bonds. The molecule has 1 fully saturated rings. The molecule has 0 aliphatic carbocycles. The van der Waals surface area contributed by atoms with Gasteiger partial charge in [0.15, 0.2) is 6.61 Å². The van der Waals surface area contributed by atoms with Gasteiger partial charge in [0.05, 0.1) is 12.6 Å². The number of primary amides is 1. The summed E-state index contributed by atoms with van der Waals surface area (Å²) in [7, 11) is 0. The molecule has 6 nitrogen and oxygen atoms in total. The average Bonchev–Trinajstić information content (AvgIpc) is 2.25. The molecule has 3 N–H and O–H groups in total. The van der Waals surface area contributed by atoms with Crippen LogP contribution in [0.5, 0.6) is 0 Å². The average molecular weight is 234 g/mol. The Balaban J connectivity index is 2.44. The third kappa shape index (κ3) is 3.60. The first-order valence-corrected chi connectivity index (χ1v) is 5.71. The number of aliphatic hydroxyl groups excluding tert-OH is 1. The Morgan fingerprint density at radius 3 is 2.93 bits per heavy atom. The molecule has 1 unspecified atom stereocenters. The Hall–Kier alpha value is -0.950. The number of thioether (sulfide) groups is 1. The molecule has 1 rings (SSSR count). The zero-order chi connectivity index (χ0) is 11.3. The van der Waals surface area contributed by atoms with Gasteiger partial charge in [-0.1, -0.05) is 0 Å². The van der Waals surface area contributed by atoms with Crippen molar-refractivity contribution in [1.29, 1.82) is 0 Å². The third-order valence-electron chi connectivity index (χ3n) is 2.10. The van der Waals surface area contributed by atoms with Gasteiger partial charge in [0.2, 0.25) is 0 Å². The van der Waals surface area contributed by atoms with Crippen LogP contribution in [-0.2, 0) is 9.53 Å². The van der Waals surface area contributed by atoms with E-state index in [0.717, 1.165) is 5.75 Å². The number of ether oxygens (including phenoxy) is 1. The van der Waals surface area contributed by atoms with E-state index in [1.807, 2.05) is 0 Å². The molecule has 0 spiro atoms. The van der Waals surface area contributed by atoms with E-state index >= 15 is 0 Å². The Labute approximate surface area is 91.7 Å². The number of hydrogen-bond acceptors (Lipinski definition) is 5. The van der Waals surface area contributed by atoms with E-state index in [0.29, 0.717) is 12.3 Å². The molecule has 0 aromatic carbocycles. The molecule has 1 saturated heterocycles. The van der Waals surface area contributed by atoms with Crippen LogP contribution in [0.1, 0.15) is 0 Å². The lowest BCUT2D eigenvalue weighted by Gasteiger charge is -2.33. The van der Waals surface area contributed by atoms with Crippen molar-refractivity contribution in [2.45, 2.75) is 6.04 Å². The second-order valence-corrected chi connectivity index (χ2v) is 4.26. The molecule has 1 heterocycles. The lowest BCUT2D eigenvalue weighted by atomic mass is 10.3. The number of amides is 2. The maximum atomic E-state index is 11.5. The Bertz CT molecular complexity index is 249. The smallest absolute Gasteiger partial charge is 0.405 e. The van der Waals surface area contributed by atoms with Crippen molar-refractivity contribution in [3.8, 4) is 0 Å². The number of nitrogens with zero attached hydrogens (tertiary/aromatic N) is 1. The van der Waals surface area contributed by atoms with E-state index in [4.69, 9.17) is 10.8 Å². The van der Waals surface area contributed by atoms with Crippen LogP contribution in [0.4, 0.5) is 4.79 Å². The fourth-order valence-electron chi connectivity index (χ4n) is 1.35. The van der Waals surface area contributed by atoms with Gasteiger partial charge in [-0.2, -0.15) is 11.8 Å². The minimum atomic E-state index is -0.963. The molecule has 7 heteroatoms. The number of hydrogen-bond donors (Lipinski definition) is 2. The summed E-state index contributed by atoms with van der Waals surface area (Å²) in [6.45, 7) is 0.142. The first kappa shape index (κ1) is 12.1. The quantitative estimate of drug-likeness (QED) is 0.654. The molecule has 86 valence electrons.